The summed E-state index contributed by atoms with van der Waals surface area (Å²) < 4.78 is 10.7. The molecule has 0 radical (unpaired) electrons. The molecule has 1 amide bonds. The highest BCUT2D eigenvalue weighted by atomic mass is 16.5. The SMILES string of the molecule is COc1ccc2cc(C(=O)Nc3ccccc3)oc2c1. The molecule has 0 fully saturated rings. The van der Waals surface area contributed by atoms with Gasteiger partial charge in [-0.25, -0.2) is 0 Å². The number of furan rings is 1. The molecule has 0 unspecified atom stereocenters. The van der Waals surface area contributed by atoms with Gasteiger partial charge in [0.05, 0.1) is 7.11 Å². The maximum Gasteiger partial charge on any atom is 0.291 e. The number of benzene rings is 2. The van der Waals surface area contributed by atoms with Crippen molar-refractivity contribution in [2.24, 2.45) is 0 Å². The van der Waals surface area contributed by atoms with Gasteiger partial charge < -0.3 is 14.5 Å². The Morgan fingerprint density at radius 3 is 2.65 bits per heavy atom. The lowest BCUT2D eigenvalue weighted by molar-refractivity contribution is 0.0998. The second-order valence-corrected chi connectivity index (χ2v) is 4.33. The van der Waals surface area contributed by atoms with Crippen LogP contribution in [0.25, 0.3) is 11.0 Å². The molecule has 1 N–H and O–H groups in total. The average Bonchev–Trinajstić information content (AvgIpc) is 2.91. The Morgan fingerprint density at radius 1 is 1.10 bits per heavy atom. The summed E-state index contributed by atoms with van der Waals surface area (Å²) in [5.74, 6) is 0.699. The summed E-state index contributed by atoms with van der Waals surface area (Å²) in [7, 11) is 1.59. The van der Waals surface area contributed by atoms with Gasteiger partial charge in [0.1, 0.15) is 11.3 Å². The van der Waals surface area contributed by atoms with Crippen molar-refractivity contribution in [3.8, 4) is 5.75 Å². The minimum absolute atomic E-state index is 0.272. The number of hydrogen-bond acceptors (Lipinski definition) is 3. The average molecular weight is 267 g/mol. The molecule has 0 saturated carbocycles. The predicted octanol–water partition coefficient (Wildman–Crippen LogP) is 3.69. The molecule has 1 aromatic heterocycles. The maximum absolute atomic E-state index is 12.1. The molecule has 20 heavy (non-hydrogen) atoms. The lowest BCUT2D eigenvalue weighted by atomic mass is 10.2. The Bertz CT molecular complexity index is 747. The first-order chi connectivity index (χ1) is 9.76. The molecule has 0 aliphatic carbocycles. The topological polar surface area (TPSA) is 51.5 Å². The number of fused-ring (bicyclic) bond motifs is 1. The Labute approximate surface area is 116 Å². The van der Waals surface area contributed by atoms with E-state index in [0.29, 0.717) is 11.3 Å². The van der Waals surface area contributed by atoms with Gasteiger partial charge in [0.2, 0.25) is 0 Å². The van der Waals surface area contributed by atoms with Crippen LogP contribution in [0.2, 0.25) is 0 Å². The summed E-state index contributed by atoms with van der Waals surface area (Å²) in [5, 5.41) is 3.65. The third-order valence-corrected chi connectivity index (χ3v) is 2.98. The first-order valence-electron chi connectivity index (χ1n) is 6.20. The number of carbonyl (C=O) groups excluding carboxylic acids is 1. The fraction of sp³-hybridized carbons (Fsp3) is 0.0625. The molecule has 2 aromatic carbocycles. The number of ether oxygens (including phenoxy) is 1. The van der Waals surface area contributed by atoms with Crippen molar-refractivity contribution < 1.29 is 13.9 Å². The van der Waals surface area contributed by atoms with E-state index < -0.39 is 0 Å². The fourth-order valence-corrected chi connectivity index (χ4v) is 1.96. The van der Waals surface area contributed by atoms with Crippen LogP contribution in [0.15, 0.2) is 59.0 Å². The Kier molecular flexibility index (Phi) is 3.13. The third-order valence-electron chi connectivity index (χ3n) is 2.98. The van der Waals surface area contributed by atoms with Crippen LogP contribution in [0.1, 0.15) is 10.6 Å². The molecule has 4 heteroatoms. The summed E-state index contributed by atoms with van der Waals surface area (Å²) in [6, 6.07) is 16.4. The molecular weight excluding hydrogens is 254 g/mol. The van der Waals surface area contributed by atoms with E-state index in [9.17, 15) is 4.79 Å². The van der Waals surface area contributed by atoms with E-state index in [1.807, 2.05) is 42.5 Å². The highest BCUT2D eigenvalue weighted by molar-refractivity contribution is 6.04. The van der Waals surface area contributed by atoms with Crippen molar-refractivity contribution in [2.45, 2.75) is 0 Å². The summed E-state index contributed by atoms with van der Waals surface area (Å²) >= 11 is 0. The van der Waals surface area contributed by atoms with Crippen LogP contribution >= 0.6 is 0 Å². The quantitative estimate of drug-likeness (QED) is 0.787. The number of nitrogens with one attached hydrogen (secondary N) is 1. The molecule has 4 nitrogen and oxygen atoms in total. The van der Waals surface area contributed by atoms with E-state index >= 15 is 0 Å². The predicted molar refractivity (Wildman–Crippen MR) is 77.2 cm³/mol. The molecular formula is C16H13NO3. The minimum Gasteiger partial charge on any atom is -0.497 e. The molecule has 0 bridgehead atoms. The number of methoxy groups -OCH3 is 1. The number of rotatable bonds is 3. The van der Waals surface area contributed by atoms with Gasteiger partial charge in [0, 0.05) is 17.1 Å². The van der Waals surface area contributed by atoms with E-state index in [2.05, 4.69) is 5.32 Å². The van der Waals surface area contributed by atoms with Crippen molar-refractivity contribution in [3.63, 3.8) is 0 Å². The van der Waals surface area contributed by atoms with Crippen molar-refractivity contribution in [2.75, 3.05) is 12.4 Å². The maximum atomic E-state index is 12.1. The number of anilines is 1. The zero-order valence-electron chi connectivity index (χ0n) is 10.9. The standard InChI is InChI=1S/C16H13NO3/c1-19-13-8-7-11-9-15(20-14(11)10-13)16(18)17-12-5-3-2-4-6-12/h2-10H,1H3,(H,17,18). The van der Waals surface area contributed by atoms with Gasteiger partial charge in [0.25, 0.3) is 5.91 Å². The van der Waals surface area contributed by atoms with E-state index in [1.54, 1.807) is 19.2 Å². The molecule has 0 saturated heterocycles. The van der Waals surface area contributed by atoms with Gasteiger partial charge in [-0.3, -0.25) is 4.79 Å². The smallest absolute Gasteiger partial charge is 0.291 e. The number of amides is 1. The van der Waals surface area contributed by atoms with Gasteiger partial charge in [-0.1, -0.05) is 18.2 Å². The van der Waals surface area contributed by atoms with Gasteiger partial charge in [-0.05, 0) is 30.3 Å². The van der Waals surface area contributed by atoms with Gasteiger partial charge >= 0.3 is 0 Å². The normalized spacial score (nSPS) is 10.4. The fourth-order valence-electron chi connectivity index (χ4n) is 1.96. The summed E-state index contributed by atoms with van der Waals surface area (Å²) in [6.07, 6.45) is 0. The van der Waals surface area contributed by atoms with E-state index in [1.165, 1.54) is 0 Å². The monoisotopic (exact) mass is 267 g/mol. The second-order valence-electron chi connectivity index (χ2n) is 4.33. The van der Waals surface area contributed by atoms with Crippen LogP contribution in [0.4, 0.5) is 5.69 Å². The van der Waals surface area contributed by atoms with Crippen LogP contribution in [-0.2, 0) is 0 Å². The number of carbonyl (C=O) groups is 1. The summed E-state index contributed by atoms with van der Waals surface area (Å²) in [6.45, 7) is 0. The van der Waals surface area contributed by atoms with E-state index in [0.717, 1.165) is 11.1 Å². The van der Waals surface area contributed by atoms with E-state index in [4.69, 9.17) is 9.15 Å². The Balaban J connectivity index is 1.88. The molecule has 3 aromatic rings. The van der Waals surface area contributed by atoms with Crippen molar-refractivity contribution in [3.05, 3.63) is 60.4 Å². The van der Waals surface area contributed by atoms with Crippen molar-refractivity contribution in [1.82, 2.24) is 0 Å². The highest BCUT2D eigenvalue weighted by Gasteiger charge is 2.12. The minimum atomic E-state index is -0.272. The van der Waals surface area contributed by atoms with Gasteiger partial charge in [-0.2, -0.15) is 0 Å². The zero-order valence-corrected chi connectivity index (χ0v) is 10.9. The summed E-state index contributed by atoms with van der Waals surface area (Å²) in [5.41, 5.74) is 1.36. The van der Waals surface area contributed by atoms with Crippen LogP contribution in [-0.4, -0.2) is 13.0 Å². The molecule has 0 atom stereocenters. The summed E-state index contributed by atoms with van der Waals surface area (Å²) in [4.78, 5) is 12.1. The number of hydrogen-bond donors (Lipinski definition) is 1. The van der Waals surface area contributed by atoms with Crippen molar-refractivity contribution in [1.29, 1.82) is 0 Å². The highest BCUT2D eigenvalue weighted by Crippen LogP contribution is 2.24. The molecule has 1 heterocycles. The van der Waals surface area contributed by atoms with Crippen LogP contribution in [0.5, 0.6) is 5.75 Å². The van der Waals surface area contributed by atoms with Crippen LogP contribution in [0, 0.1) is 0 Å². The molecule has 0 aliphatic heterocycles. The third kappa shape index (κ3) is 2.36. The van der Waals surface area contributed by atoms with Gasteiger partial charge in [0.15, 0.2) is 5.76 Å². The lowest BCUT2D eigenvalue weighted by Crippen LogP contribution is -2.10. The second kappa shape index (κ2) is 5.09. The first-order valence-corrected chi connectivity index (χ1v) is 6.20. The van der Waals surface area contributed by atoms with Gasteiger partial charge in [-0.15, -0.1) is 0 Å². The zero-order chi connectivity index (χ0) is 13.9. The van der Waals surface area contributed by atoms with E-state index in [-0.39, 0.29) is 11.7 Å². The molecule has 100 valence electrons. The molecule has 0 spiro atoms. The Hall–Kier alpha value is -2.75. The van der Waals surface area contributed by atoms with Crippen molar-refractivity contribution >= 4 is 22.6 Å². The van der Waals surface area contributed by atoms with Crippen LogP contribution < -0.4 is 10.1 Å². The Morgan fingerprint density at radius 2 is 1.90 bits per heavy atom. The lowest BCUT2D eigenvalue weighted by Gasteiger charge is -2.01. The molecule has 0 aliphatic rings. The number of para-hydroxylation sites is 1. The molecule has 3 rings (SSSR count). The van der Waals surface area contributed by atoms with Crippen LogP contribution in [0.3, 0.4) is 0 Å². The first kappa shape index (κ1) is 12.3. The largest absolute Gasteiger partial charge is 0.497 e.